The normalized spacial score (nSPS) is 18.0. The average molecular weight is 464 g/mol. The maximum absolute atomic E-state index is 13.2. The van der Waals surface area contributed by atoms with Gasteiger partial charge in [-0.3, -0.25) is 4.79 Å². The molecule has 3 aromatic rings. The standard InChI is InChI=1S/C21H22FN3O4S2/c1-3-24-17-11-8-15(29-2)13-19(17)30-21(24)23-20(26)18-5-4-12-25(18)31(27,28)16-9-6-14(22)7-10-16/h6-11,13,18H,3-5,12H2,1-2H3. The summed E-state index contributed by atoms with van der Waals surface area (Å²) in [6.07, 6.45) is 0.956. The molecule has 1 saturated heterocycles. The molecule has 1 fully saturated rings. The largest absolute Gasteiger partial charge is 0.497 e. The number of ether oxygens (including phenoxy) is 1. The van der Waals surface area contributed by atoms with Crippen molar-refractivity contribution in [2.75, 3.05) is 13.7 Å². The number of rotatable bonds is 5. The molecule has 1 aromatic heterocycles. The fourth-order valence-electron chi connectivity index (χ4n) is 3.76. The number of thiazole rings is 1. The Bertz CT molecular complexity index is 1300. The van der Waals surface area contributed by atoms with Gasteiger partial charge in [-0.05, 0) is 62.2 Å². The number of hydrogen-bond acceptors (Lipinski definition) is 5. The summed E-state index contributed by atoms with van der Waals surface area (Å²) in [4.78, 5) is 17.9. The number of carbonyl (C=O) groups is 1. The fraction of sp³-hybridized carbons (Fsp3) is 0.333. The molecule has 1 amide bonds. The first kappa shape index (κ1) is 21.7. The van der Waals surface area contributed by atoms with Crippen molar-refractivity contribution >= 4 is 37.5 Å². The van der Waals surface area contributed by atoms with Crippen LogP contribution in [-0.2, 0) is 21.4 Å². The SMILES string of the molecule is CCn1c(=NC(=O)C2CCCN2S(=O)(=O)c2ccc(F)cc2)sc2cc(OC)ccc21. The van der Waals surface area contributed by atoms with Gasteiger partial charge in [0.25, 0.3) is 5.91 Å². The number of amides is 1. The second kappa shape index (κ2) is 8.52. The van der Waals surface area contributed by atoms with Crippen molar-refractivity contribution in [1.29, 1.82) is 0 Å². The van der Waals surface area contributed by atoms with E-state index in [-0.39, 0.29) is 11.4 Å². The summed E-state index contributed by atoms with van der Waals surface area (Å²) in [5.41, 5.74) is 0.932. The lowest BCUT2D eigenvalue weighted by Crippen LogP contribution is -2.40. The molecule has 0 spiro atoms. The minimum atomic E-state index is -3.93. The molecule has 1 atom stereocenters. The van der Waals surface area contributed by atoms with Crippen molar-refractivity contribution < 1.29 is 22.3 Å². The van der Waals surface area contributed by atoms with E-state index in [0.717, 1.165) is 22.3 Å². The van der Waals surface area contributed by atoms with Crippen LogP contribution in [0.3, 0.4) is 0 Å². The van der Waals surface area contributed by atoms with Crippen LogP contribution >= 0.6 is 11.3 Å². The van der Waals surface area contributed by atoms with Crippen LogP contribution in [0.2, 0.25) is 0 Å². The zero-order chi connectivity index (χ0) is 22.2. The highest BCUT2D eigenvalue weighted by molar-refractivity contribution is 7.89. The van der Waals surface area contributed by atoms with Gasteiger partial charge in [-0.25, -0.2) is 12.8 Å². The second-order valence-electron chi connectivity index (χ2n) is 7.14. The Hall–Kier alpha value is -2.56. The average Bonchev–Trinajstić information content (AvgIpc) is 3.38. The number of fused-ring (bicyclic) bond motifs is 1. The Balaban J connectivity index is 1.70. The molecule has 1 aliphatic rings. The minimum absolute atomic E-state index is 0.0359. The highest BCUT2D eigenvalue weighted by Gasteiger charge is 2.39. The van der Waals surface area contributed by atoms with Crippen LogP contribution in [0.4, 0.5) is 4.39 Å². The third-order valence-electron chi connectivity index (χ3n) is 5.32. The molecule has 7 nitrogen and oxygen atoms in total. The highest BCUT2D eigenvalue weighted by atomic mass is 32.2. The number of methoxy groups -OCH3 is 1. The molecule has 0 radical (unpaired) electrons. The summed E-state index contributed by atoms with van der Waals surface area (Å²) in [7, 11) is -2.33. The fourth-order valence-corrected chi connectivity index (χ4v) is 6.54. The van der Waals surface area contributed by atoms with Gasteiger partial charge in [0.1, 0.15) is 17.6 Å². The van der Waals surface area contributed by atoms with Gasteiger partial charge < -0.3 is 9.30 Å². The highest BCUT2D eigenvalue weighted by Crippen LogP contribution is 2.27. The molecule has 2 aromatic carbocycles. The molecule has 0 bridgehead atoms. The lowest BCUT2D eigenvalue weighted by atomic mass is 10.2. The van der Waals surface area contributed by atoms with Crippen LogP contribution in [0.15, 0.2) is 52.4 Å². The third kappa shape index (κ3) is 4.02. The van der Waals surface area contributed by atoms with Crippen LogP contribution in [-0.4, -0.2) is 42.9 Å². The van der Waals surface area contributed by atoms with E-state index in [1.54, 1.807) is 7.11 Å². The number of halogens is 1. The molecular formula is C21H22FN3O4S2. The van der Waals surface area contributed by atoms with Gasteiger partial charge >= 0.3 is 0 Å². The lowest BCUT2D eigenvalue weighted by Gasteiger charge is -2.21. The molecule has 0 aliphatic carbocycles. The van der Waals surface area contributed by atoms with Crippen molar-refractivity contribution in [2.45, 2.75) is 37.2 Å². The topological polar surface area (TPSA) is 81.0 Å². The molecule has 2 heterocycles. The van der Waals surface area contributed by atoms with Crippen molar-refractivity contribution in [1.82, 2.24) is 8.87 Å². The predicted molar refractivity (Wildman–Crippen MR) is 116 cm³/mol. The van der Waals surface area contributed by atoms with Crippen LogP contribution in [0.25, 0.3) is 10.2 Å². The number of aromatic nitrogens is 1. The maximum atomic E-state index is 13.2. The van der Waals surface area contributed by atoms with Crippen molar-refractivity contribution in [3.05, 3.63) is 53.1 Å². The second-order valence-corrected chi connectivity index (χ2v) is 10.0. The molecule has 4 rings (SSSR count). The summed E-state index contributed by atoms with van der Waals surface area (Å²) in [5, 5.41) is 0. The molecule has 0 N–H and O–H groups in total. The summed E-state index contributed by atoms with van der Waals surface area (Å²) in [6.45, 7) is 2.80. The minimum Gasteiger partial charge on any atom is -0.497 e. The molecular weight excluding hydrogens is 441 g/mol. The summed E-state index contributed by atoms with van der Waals surface area (Å²) in [5.74, 6) is -0.306. The quantitative estimate of drug-likeness (QED) is 0.582. The van der Waals surface area contributed by atoms with Crippen LogP contribution in [0.1, 0.15) is 19.8 Å². The third-order valence-corrected chi connectivity index (χ3v) is 8.28. The zero-order valence-electron chi connectivity index (χ0n) is 17.1. The van der Waals surface area contributed by atoms with Crippen LogP contribution in [0.5, 0.6) is 5.75 Å². The van der Waals surface area contributed by atoms with Gasteiger partial charge in [0.05, 0.1) is 22.2 Å². The van der Waals surface area contributed by atoms with Gasteiger partial charge in [-0.15, -0.1) is 0 Å². The number of nitrogens with zero attached hydrogens (tertiary/aromatic N) is 3. The molecule has 10 heteroatoms. The van der Waals surface area contributed by atoms with E-state index in [9.17, 15) is 17.6 Å². The van der Waals surface area contributed by atoms with E-state index < -0.39 is 27.8 Å². The Labute approximate surface area is 183 Å². The zero-order valence-corrected chi connectivity index (χ0v) is 18.7. The van der Waals surface area contributed by atoms with Gasteiger partial charge in [0.15, 0.2) is 4.80 Å². The van der Waals surface area contributed by atoms with Crippen LogP contribution < -0.4 is 9.54 Å². The van der Waals surface area contributed by atoms with E-state index in [2.05, 4.69) is 4.99 Å². The first-order valence-corrected chi connectivity index (χ1v) is 12.1. The summed E-state index contributed by atoms with van der Waals surface area (Å²) < 4.78 is 48.6. The number of sulfonamides is 1. The predicted octanol–water partition coefficient (Wildman–Crippen LogP) is 3.15. The number of hydrogen-bond donors (Lipinski definition) is 0. The smallest absolute Gasteiger partial charge is 0.266 e. The van der Waals surface area contributed by atoms with E-state index in [1.807, 2.05) is 29.7 Å². The van der Waals surface area contributed by atoms with Crippen LogP contribution in [0, 0.1) is 5.82 Å². The maximum Gasteiger partial charge on any atom is 0.266 e. The number of benzene rings is 2. The van der Waals surface area contributed by atoms with E-state index in [1.165, 1.54) is 27.8 Å². The summed E-state index contributed by atoms with van der Waals surface area (Å²) >= 11 is 1.36. The van der Waals surface area contributed by atoms with Gasteiger partial charge in [0, 0.05) is 13.1 Å². The molecule has 1 unspecified atom stereocenters. The first-order valence-electron chi connectivity index (χ1n) is 9.88. The van der Waals surface area contributed by atoms with Gasteiger partial charge in [0.2, 0.25) is 10.0 Å². The lowest BCUT2D eigenvalue weighted by molar-refractivity contribution is -0.121. The molecule has 164 valence electrons. The van der Waals surface area contributed by atoms with Crippen molar-refractivity contribution in [3.63, 3.8) is 0 Å². The molecule has 0 saturated carbocycles. The molecule has 31 heavy (non-hydrogen) atoms. The van der Waals surface area contributed by atoms with Gasteiger partial charge in [-0.1, -0.05) is 11.3 Å². The Morgan fingerprint density at radius 1 is 1.26 bits per heavy atom. The van der Waals surface area contributed by atoms with Crippen molar-refractivity contribution in [2.24, 2.45) is 4.99 Å². The van der Waals surface area contributed by atoms with E-state index in [0.29, 0.717) is 29.9 Å². The van der Waals surface area contributed by atoms with Gasteiger partial charge in [-0.2, -0.15) is 9.30 Å². The summed E-state index contributed by atoms with van der Waals surface area (Å²) in [6, 6.07) is 9.40. The monoisotopic (exact) mass is 463 g/mol. The Morgan fingerprint density at radius 2 is 2.00 bits per heavy atom. The van der Waals surface area contributed by atoms with E-state index >= 15 is 0 Å². The molecule has 1 aliphatic heterocycles. The Kier molecular flexibility index (Phi) is 5.96. The Morgan fingerprint density at radius 3 is 2.68 bits per heavy atom. The van der Waals surface area contributed by atoms with E-state index in [4.69, 9.17) is 4.74 Å². The number of aryl methyl sites for hydroxylation is 1. The van der Waals surface area contributed by atoms with Crippen molar-refractivity contribution in [3.8, 4) is 5.75 Å². The number of carbonyl (C=O) groups excluding carboxylic acids is 1. The first-order chi connectivity index (χ1) is 14.8.